The second-order valence-electron chi connectivity index (χ2n) is 6.71. The first-order valence-corrected chi connectivity index (χ1v) is 12.2. The van der Waals surface area contributed by atoms with Gasteiger partial charge in [0.05, 0.1) is 14.4 Å². The van der Waals surface area contributed by atoms with Gasteiger partial charge in [0.1, 0.15) is 6.61 Å². The number of phosphoric acid groups is 1. The Balaban J connectivity index is -0.0000000874. The molecule has 0 rings (SSSR count). The predicted molar refractivity (Wildman–Crippen MR) is 139 cm³/mol. The number of ether oxygens (including phenoxy) is 2. The van der Waals surface area contributed by atoms with Gasteiger partial charge in [0.2, 0.25) is 5.91 Å². The SMILES string of the molecule is CC#CC#CC#CC#CC(=O)OC[C@@H](COP(=O)([O-])[O-])OC(=O)CCCCCCCC.CC(N)=O.[HH].[HH].[HH].[HH].[HH].[HH].[HH].[Na+].[Na+]. The predicted octanol–water partition coefficient (Wildman–Crippen LogP) is -3.71. The van der Waals surface area contributed by atoms with Crippen molar-refractivity contribution >= 4 is 25.7 Å². The van der Waals surface area contributed by atoms with Gasteiger partial charge in [-0.1, -0.05) is 44.9 Å². The summed E-state index contributed by atoms with van der Waals surface area (Å²) in [5.74, 6) is 16.8. The average molecular weight is 568 g/mol. The van der Waals surface area contributed by atoms with E-state index in [0.29, 0.717) is 6.42 Å². The summed E-state index contributed by atoms with van der Waals surface area (Å²) in [6, 6.07) is 0. The minimum absolute atomic E-state index is 0. The molecule has 2 N–H and O–H groups in total. The van der Waals surface area contributed by atoms with Crippen LogP contribution >= 0.6 is 7.82 Å². The molecule has 0 aliphatic rings. The third-order valence-electron chi connectivity index (χ3n) is 3.45. The van der Waals surface area contributed by atoms with E-state index in [-0.39, 0.29) is 81.4 Å². The molecule has 0 aromatic carbocycles. The Morgan fingerprint density at radius 2 is 1.43 bits per heavy atom. The minimum Gasteiger partial charge on any atom is -0.790 e. The van der Waals surface area contributed by atoms with Gasteiger partial charge >= 0.3 is 71.1 Å². The van der Waals surface area contributed by atoms with E-state index in [1.807, 2.05) is 0 Å². The van der Waals surface area contributed by atoms with Crippen LogP contribution in [0.25, 0.3) is 0 Å². The zero-order valence-corrected chi connectivity index (χ0v) is 27.0. The average Bonchev–Trinajstić information content (AvgIpc) is 2.76. The van der Waals surface area contributed by atoms with Gasteiger partial charge in [0.25, 0.3) is 0 Å². The van der Waals surface area contributed by atoms with Crippen LogP contribution in [-0.4, -0.2) is 37.2 Å². The summed E-state index contributed by atoms with van der Waals surface area (Å²) >= 11 is 0. The quantitative estimate of drug-likeness (QED) is 0.0588. The van der Waals surface area contributed by atoms with Crippen LogP contribution in [0.4, 0.5) is 0 Å². The summed E-state index contributed by atoms with van der Waals surface area (Å²) in [5.41, 5.74) is 4.47. The molecular weight excluding hydrogens is 523 g/mol. The van der Waals surface area contributed by atoms with Gasteiger partial charge in [-0.2, -0.15) is 0 Å². The Labute approximate surface area is 274 Å². The number of amides is 1. The molecular formula is C24H44NNa2O9P. The van der Waals surface area contributed by atoms with E-state index in [1.54, 1.807) is 6.92 Å². The summed E-state index contributed by atoms with van der Waals surface area (Å²) in [5, 5.41) is 0. The minimum atomic E-state index is -5.28. The van der Waals surface area contributed by atoms with Crippen molar-refractivity contribution in [2.24, 2.45) is 5.73 Å². The zero-order chi connectivity index (χ0) is 27.0. The molecule has 0 radical (unpaired) electrons. The number of esters is 2. The maximum absolute atomic E-state index is 11.9. The number of unbranched alkanes of at least 4 members (excludes halogenated alkanes) is 5. The number of hydrogen-bond acceptors (Lipinski definition) is 9. The Morgan fingerprint density at radius 1 is 0.919 bits per heavy atom. The topological polar surface area (TPSA) is 168 Å². The molecule has 13 heteroatoms. The Hall–Kier alpha value is -1.24. The number of carbonyl (C=O) groups excluding carboxylic acids is 3. The summed E-state index contributed by atoms with van der Waals surface area (Å²) in [4.78, 5) is 54.1. The van der Waals surface area contributed by atoms with Crippen molar-refractivity contribution < 1.29 is 112 Å². The van der Waals surface area contributed by atoms with Crippen molar-refractivity contribution in [3.05, 3.63) is 0 Å². The zero-order valence-electron chi connectivity index (χ0n) is 22.1. The molecule has 0 aromatic heterocycles. The van der Waals surface area contributed by atoms with Crippen molar-refractivity contribution in [2.45, 2.75) is 71.8 Å². The Bertz CT molecular complexity index is 991. The second-order valence-corrected chi connectivity index (χ2v) is 7.86. The number of nitrogens with two attached hydrogens (primary N) is 1. The van der Waals surface area contributed by atoms with Crippen molar-refractivity contribution in [3.8, 4) is 47.4 Å². The number of rotatable bonds is 13. The summed E-state index contributed by atoms with van der Waals surface area (Å²) in [6.45, 7) is 3.73. The molecule has 0 heterocycles. The van der Waals surface area contributed by atoms with Crippen molar-refractivity contribution in [3.63, 3.8) is 0 Å². The molecule has 1 amide bonds. The first kappa shape index (κ1) is 42.8. The Kier molecular flexibility index (Phi) is 33.9. The van der Waals surface area contributed by atoms with Gasteiger partial charge in [-0.15, -0.1) is 0 Å². The number of carbonyl (C=O) groups is 3. The van der Waals surface area contributed by atoms with Gasteiger partial charge in [0, 0.05) is 29.3 Å². The van der Waals surface area contributed by atoms with Crippen LogP contribution < -0.4 is 74.6 Å². The normalized spacial score (nSPS) is 9.43. The molecule has 0 fully saturated rings. The maximum Gasteiger partial charge on any atom is 1.00 e. The number of primary amides is 1. The van der Waals surface area contributed by atoms with Gasteiger partial charge in [0.15, 0.2) is 6.10 Å². The van der Waals surface area contributed by atoms with Crippen molar-refractivity contribution in [2.75, 3.05) is 13.2 Å². The van der Waals surface area contributed by atoms with Crippen molar-refractivity contribution in [1.82, 2.24) is 0 Å². The second kappa shape index (κ2) is 29.3. The standard InChI is InChI=1S/C22H27O8P.C2H5NO.2Na.7H2/c1-3-5-7-9-11-13-14-16-21(23)28-18-20(19-29-31(25,26)27)30-22(24)17-15-12-10-8-6-4-2;1-2(3)4;;;;;;;;;/h20H,4,6,8,10,12,15,17-19H2,1-2H3,(H2,25,26,27);1H3,(H2,3,4);;;7*1H/q;;2*+1;;;;;;;/p-2/t20-;;;;;;;;;;/m0........../s1. The van der Waals surface area contributed by atoms with Crippen LogP contribution in [0.2, 0.25) is 0 Å². The summed E-state index contributed by atoms with van der Waals surface area (Å²) in [6.07, 6.45) is 4.65. The fraction of sp³-hybridized carbons (Fsp3) is 0.542. The fourth-order valence-corrected chi connectivity index (χ4v) is 2.41. The molecule has 1 atom stereocenters. The monoisotopic (exact) mass is 567 g/mol. The van der Waals surface area contributed by atoms with E-state index in [9.17, 15) is 28.7 Å². The molecule has 37 heavy (non-hydrogen) atoms. The first-order valence-electron chi connectivity index (χ1n) is 10.7. The van der Waals surface area contributed by atoms with E-state index in [2.05, 4.69) is 64.5 Å². The van der Waals surface area contributed by atoms with Crippen LogP contribution in [-0.2, 0) is 32.9 Å². The number of phosphoric ester groups is 1. The molecule has 0 spiro atoms. The molecule has 0 bridgehead atoms. The van der Waals surface area contributed by atoms with E-state index in [1.165, 1.54) is 6.92 Å². The van der Waals surface area contributed by atoms with E-state index >= 15 is 0 Å². The molecule has 0 saturated carbocycles. The molecule has 0 aliphatic carbocycles. The first-order chi connectivity index (χ1) is 16.5. The molecule has 0 saturated heterocycles. The van der Waals surface area contributed by atoms with Crippen LogP contribution in [0.1, 0.15) is 75.7 Å². The molecule has 0 aliphatic heterocycles. The van der Waals surface area contributed by atoms with Gasteiger partial charge in [-0.05, 0) is 48.9 Å². The molecule has 206 valence electrons. The van der Waals surface area contributed by atoms with E-state index in [0.717, 1.165) is 32.1 Å². The third kappa shape index (κ3) is 39.4. The third-order valence-corrected chi connectivity index (χ3v) is 3.92. The van der Waals surface area contributed by atoms with Crippen LogP contribution in [0.5, 0.6) is 0 Å². The smallest absolute Gasteiger partial charge is 0.790 e. The largest absolute Gasteiger partial charge is 1.00 e. The summed E-state index contributed by atoms with van der Waals surface area (Å²) in [7, 11) is -5.28. The molecule has 0 unspecified atom stereocenters. The van der Waals surface area contributed by atoms with Crippen LogP contribution in [0, 0.1) is 47.4 Å². The number of hydrogen-bond donors (Lipinski definition) is 1. The van der Waals surface area contributed by atoms with Gasteiger partial charge in [-0.3, -0.25) is 9.59 Å². The van der Waals surface area contributed by atoms with E-state index < -0.39 is 39.1 Å². The maximum atomic E-state index is 11.9. The van der Waals surface area contributed by atoms with Gasteiger partial charge in [-0.25, -0.2) is 4.79 Å². The van der Waals surface area contributed by atoms with Crippen LogP contribution in [0.3, 0.4) is 0 Å². The van der Waals surface area contributed by atoms with Gasteiger partial charge < -0.3 is 34.1 Å². The summed E-state index contributed by atoms with van der Waals surface area (Å²) < 4.78 is 24.7. The molecule has 10 nitrogen and oxygen atoms in total. The fourth-order valence-electron chi connectivity index (χ4n) is 2.06. The van der Waals surface area contributed by atoms with Crippen LogP contribution in [0.15, 0.2) is 0 Å². The van der Waals surface area contributed by atoms with E-state index in [4.69, 9.17) is 9.47 Å². The Morgan fingerprint density at radius 3 is 1.97 bits per heavy atom. The molecule has 0 aromatic rings. The van der Waals surface area contributed by atoms with Crippen molar-refractivity contribution in [1.29, 1.82) is 0 Å².